The molecule has 9 heteroatoms. The fourth-order valence-corrected chi connectivity index (χ4v) is 5.03. The monoisotopic (exact) mass is 603 g/mol. The Morgan fingerprint density at radius 1 is 0.818 bits per heavy atom. The van der Waals surface area contributed by atoms with Gasteiger partial charge in [-0.25, -0.2) is 4.79 Å². The number of nitrogens with zero attached hydrogens (tertiary/aromatic N) is 1. The van der Waals surface area contributed by atoms with Gasteiger partial charge in [-0.05, 0) is 96.7 Å². The van der Waals surface area contributed by atoms with Crippen LogP contribution in [0.15, 0.2) is 60.7 Å². The van der Waals surface area contributed by atoms with Crippen LogP contribution >= 0.6 is 0 Å². The Hall–Kier alpha value is -4.53. The number of ether oxygens (including phenoxy) is 1. The zero-order chi connectivity index (χ0) is 33.0. The van der Waals surface area contributed by atoms with Gasteiger partial charge in [0.25, 0.3) is 5.91 Å². The molecule has 0 heterocycles. The van der Waals surface area contributed by atoms with E-state index in [4.69, 9.17) is 4.74 Å². The molecule has 0 aliphatic heterocycles. The molecule has 4 N–H and O–H groups in total. The topological polar surface area (TPSA) is 128 Å². The summed E-state index contributed by atoms with van der Waals surface area (Å²) in [4.78, 5) is 43.5. The Kier molecular flexibility index (Phi) is 10.4. The van der Waals surface area contributed by atoms with Crippen molar-refractivity contribution in [3.8, 4) is 11.5 Å². The van der Waals surface area contributed by atoms with Crippen LogP contribution < -0.4 is 10.6 Å². The van der Waals surface area contributed by atoms with Crippen LogP contribution in [0.4, 0.5) is 10.5 Å². The lowest BCUT2D eigenvalue weighted by Gasteiger charge is -2.43. The summed E-state index contributed by atoms with van der Waals surface area (Å²) in [7, 11) is 0. The number of carbonyl (C=O) groups is 3. The van der Waals surface area contributed by atoms with Gasteiger partial charge in [-0.1, -0.05) is 48.5 Å². The van der Waals surface area contributed by atoms with E-state index in [-0.39, 0.29) is 23.5 Å². The fraction of sp³-hybridized carbons (Fsp3) is 0.400. The highest BCUT2D eigenvalue weighted by Gasteiger charge is 2.43. The van der Waals surface area contributed by atoms with Gasteiger partial charge in [0.2, 0.25) is 5.91 Å². The third-order valence-electron chi connectivity index (χ3n) is 7.12. The Morgan fingerprint density at radius 3 is 1.91 bits per heavy atom. The molecule has 2 unspecified atom stereocenters. The largest absolute Gasteiger partial charge is 0.508 e. The lowest BCUT2D eigenvalue weighted by atomic mass is 9.92. The number of hydrogen-bond acceptors (Lipinski definition) is 6. The number of anilines is 1. The maximum Gasteiger partial charge on any atom is 0.408 e. The van der Waals surface area contributed by atoms with Gasteiger partial charge in [0.1, 0.15) is 29.2 Å². The molecule has 0 saturated carbocycles. The van der Waals surface area contributed by atoms with Gasteiger partial charge in [-0.3, -0.25) is 9.59 Å². The Bertz CT molecular complexity index is 1480. The number of para-hydroxylation sites is 2. The summed E-state index contributed by atoms with van der Waals surface area (Å²) in [5.74, 6) is -1.12. The number of rotatable bonds is 8. The van der Waals surface area contributed by atoms with Crippen LogP contribution in [0.25, 0.3) is 0 Å². The molecular formula is C35H45N3O6. The van der Waals surface area contributed by atoms with Crippen molar-refractivity contribution in [2.45, 2.75) is 92.0 Å². The van der Waals surface area contributed by atoms with Crippen LogP contribution in [-0.4, -0.2) is 50.2 Å². The summed E-state index contributed by atoms with van der Waals surface area (Å²) >= 11 is 0. The maximum absolute atomic E-state index is 14.7. The molecule has 0 bridgehead atoms. The lowest BCUT2D eigenvalue weighted by molar-refractivity contribution is -0.146. The number of aryl methyl sites for hydroxylation is 3. The fourth-order valence-electron chi connectivity index (χ4n) is 5.03. The van der Waals surface area contributed by atoms with E-state index in [9.17, 15) is 24.6 Å². The van der Waals surface area contributed by atoms with E-state index in [0.29, 0.717) is 16.8 Å². The lowest BCUT2D eigenvalue weighted by Crippen LogP contribution is -2.58. The van der Waals surface area contributed by atoms with Crippen LogP contribution in [-0.2, 0) is 20.7 Å². The molecule has 44 heavy (non-hydrogen) atoms. The van der Waals surface area contributed by atoms with E-state index >= 15 is 0 Å². The molecule has 0 saturated heterocycles. The molecule has 9 nitrogen and oxygen atoms in total. The third kappa shape index (κ3) is 8.52. The zero-order valence-corrected chi connectivity index (χ0v) is 27.1. The van der Waals surface area contributed by atoms with Crippen LogP contribution in [0.2, 0.25) is 0 Å². The first kappa shape index (κ1) is 34.0. The van der Waals surface area contributed by atoms with Crippen molar-refractivity contribution in [3.63, 3.8) is 0 Å². The average molecular weight is 604 g/mol. The molecule has 2 atom stereocenters. The summed E-state index contributed by atoms with van der Waals surface area (Å²) in [5, 5.41) is 26.8. The van der Waals surface area contributed by atoms with Crippen molar-refractivity contribution in [1.29, 1.82) is 0 Å². The highest BCUT2D eigenvalue weighted by molar-refractivity contribution is 6.00. The van der Waals surface area contributed by atoms with Gasteiger partial charge >= 0.3 is 6.09 Å². The highest BCUT2D eigenvalue weighted by Crippen LogP contribution is 2.37. The highest BCUT2D eigenvalue weighted by atomic mass is 16.6. The second-order valence-corrected chi connectivity index (χ2v) is 13.1. The SMILES string of the molecule is Cc1cccc(C(C(=O)Nc2c(C)cccc2C)N(C(=O)C(Cc2ccc(O)cc2)NC(=O)OC(C)(C)C)C(C)(C)C)c1O. The van der Waals surface area contributed by atoms with E-state index < -0.39 is 41.1 Å². The van der Waals surface area contributed by atoms with E-state index in [1.807, 2.05) is 32.0 Å². The van der Waals surface area contributed by atoms with E-state index in [1.54, 1.807) is 78.8 Å². The quantitative estimate of drug-likeness (QED) is 0.234. The number of nitrogens with one attached hydrogen (secondary N) is 2. The molecule has 3 amide bonds. The molecule has 0 spiro atoms. The summed E-state index contributed by atoms with van der Waals surface area (Å²) in [6.07, 6.45) is -0.742. The summed E-state index contributed by atoms with van der Waals surface area (Å²) in [6.45, 7) is 16.0. The first-order valence-corrected chi connectivity index (χ1v) is 14.6. The molecule has 0 aromatic heterocycles. The number of carbonyl (C=O) groups excluding carboxylic acids is 3. The minimum absolute atomic E-state index is 0.0516. The number of hydrogen-bond donors (Lipinski definition) is 4. The standard InChI is InChI=1S/C35H45N3O6/c1-21-12-10-13-22(2)28(21)37-31(41)29(26-15-11-14-23(3)30(26)40)38(34(4,5)6)32(42)27(36-33(43)44-35(7,8)9)20-24-16-18-25(39)19-17-24/h10-19,27,29,39-40H,20H2,1-9H3,(H,36,43)(H,37,41). The molecular weight excluding hydrogens is 558 g/mol. The van der Waals surface area contributed by atoms with Crippen molar-refractivity contribution in [2.75, 3.05) is 5.32 Å². The van der Waals surface area contributed by atoms with Crippen molar-refractivity contribution < 1.29 is 29.3 Å². The second kappa shape index (κ2) is 13.4. The van der Waals surface area contributed by atoms with Crippen molar-refractivity contribution in [2.24, 2.45) is 0 Å². The summed E-state index contributed by atoms with van der Waals surface area (Å²) in [6, 6.07) is 14.6. The van der Waals surface area contributed by atoms with Gasteiger partial charge in [0.15, 0.2) is 0 Å². The number of phenols is 2. The van der Waals surface area contributed by atoms with Gasteiger partial charge in [-0.15, -0.1) is 0 Å². The number of amides is 3. The zero-order valence-electron chi connectivity index (χ0n) is 27.1. The van der Waals surface area contributed by atoms with Crippen LogP contribution in [0.5, 0.6) is 11.5 Å². The smallest absolute Gasteiger partial charge is 0.408 e. The van der Waals surface area contributed by atoms with Gasteiger partial charge < -0.3 is 30.5 Å². The van der Waals surface area contributed by atoms with E-state index in [2.05, 4.69) is 10.6 Å². The van der Waals surface area contributed by atoms with Crippen molar-refractivity contribution in [3.05, 3.63) is 88.5 Å². The normalized spacial score (nSPS) is 13.0. The molecule has 0 radical (unpaired) electrons. The number of benzene rings is 3. The number of phenolic OH excluding ortho intramolecular Hbond substituents is 2. The predicted molar refractivity (Wildman–Crippen MR) is 172 cm³/mol. The first-order valence-electron chi connectivity index (χ1n) is 14.6. The molecule has 236 valence electrons. The molecule has 3 rings (SSSR count). The molecule has 0 aliphatic rings. The molecule has 3 aromatic rings. The van der Waals surface area contributed by atoms with Crippen LogP contribution in [0.3, 0.4) is 0 Å². The van der Waals surface area contributed by atoms with E-state index in [0.717, 1.165) is 11.1 Å². The Balaban J connectivity index is 2.18. The number of aromatic hydroxyl groups is 2. The minimum Gasteiger partial charge on any atom is -0.508 e. The van der Waals surface area contributed by atoms with Gasteiger partial charge in [0.05, 0.1) is 0 Å². The van der Waals surface area contributed by atoms with Crippen LogP contribution in [0.1, 0.15) is 75.4 Å². The van der Waals surface area contributed by atoms with E-state index in [1.165, 1.54) is 17.0 Å². The van der Waals surface area contributed by atoms with Crippen LogP contribution in [0, 0.1) is 20.8 Å². The Morgan fingerprint density at radius 2 is 1.36 bits per heavy atom. The molecule has 0 fully saturated rings. The summed E-state index contributed by atoms with van der Waals surface area (Å²) < 4.78 is 5.49. The first-order chi connectivity index (χ1) is 20.4. The average Bonchev–Trinajstić information content (AvgIpc) is 2.90. The minimum atomic E-state index is -1.27. The summed E-state index contributed by atoms with van der Waals surface area (Å²) in [5.41, 5.74) is 1.98. The van der Waals surface area contributed by atoms with Gasteiger partial charge in [-0.2, -0.15) is 0 Å². The number of alkyl carbamates (subject to hydrolysis) is 1. The van der Waals surface area contributed by atoms with Crippen molar-refractivity contribution in [1.82, 2.24) is 10.2 Å². The van der Waals surface area contributed by atoms with Gasteiger partial charge in [0, 0.05) is 23.2 Å². The maximum atomic E-state index is 14.7. The second-order valence-electron chi connectivity index (χ2n) is 13.1. The molecule has 3 aromatic carbocycles. The predicted octanol–water partition coefficient (Wildman–Crippen LogP) is 6.47. The third-order valence-corrected chi connectivity index (χ3v) is 7.12. The Labute approximate surface area is 260 Å². The van der Waals surface area contributed by atoms with Crippen molar-refractivity contribution >= 4 is 23.6 Å². The molecule has 0 aliphatic carbocycles.